The molecule has 7 nitrogen and oxygen atoms in total. The summed E-state index contributed by atoms with van der Waals surface area (Å²) >= 11 is 0. The number of para-hydroxylation sites is 1. The van der Waals surface area contributed by atoms with Gasteiger partial charge in [0.15, 0.2) is 6.10 Å². The Hall–Kier alpha value is -3.68. The summed E-state index contributed by atoms with van der Waals surface area (Å²) in [5.74, 6) is -2.13. The van der Waals surface area contributed by atoms with Crippen LogP contribution in [0.3, 0.4) is 0 Å². The first-order valence-corrected chi connectivity index (χ1v) is 8.81. The number of nitrogens with zero attached hydrogens (tertiary/aromatic N) is 1. The molecule has 0 radical (unpaired) electrons. The molecular formula is C21H19FN2O5. The zero-order chi connectivity index (χ0) is 21.0. The standard InChI is InChI=1S/C21H19FN2O5/c1-13(20(26)23-15-9-7-14(22)8-10-15)29-19(25)12-24-11-17(21(27)28-2)16-5-3-4-6-18(16)24/h3-11,13H,12H2,1-2H3,(H,23,26)/t13-/m0/s1. The molecule has 3 rings (SSSR count). The number of carbonyl (C=O) groups is 3. The molecule has 3 aromatic rings. The van der Waals surface area contributed by atoms with Gasteiger partial charge >= 0.3 is 11.9 Å². The van der Waals surface area contributed by atoms with Crippen LogP contribution < -0.4 is 5.32 Å². The summed E-state index contributed by atoms with van der Waals surface area (Å²) in [6.45, 7) is 1.25. The van der Waals surface area contributed by atoms with E-state index in [1.165, 1.54) is 44.5 Å². The molecule has 29 heavy (non-hydrogen) atoms. The van der Waals surface area contributed by atoms with Crippen LogP contribution in [-0.4, -0.2) is 35.6 Å². The number of rotatable bonds is 6. The van der Waals surface area contributed by atoms with Crippen LogP contribution in [0.2, 0.25) is 0 Å². The molecule has 2 aromatic carbocycles. The van der Waals surface area contributed by atoms with E-state index in [9.17, 15) is 18.8 Å². The second-order valence-electron chi connectivity index (χ2n) is 6.31. The van der Waals surface area contributed by atoms with E-state index in [0.29, 0.717) is 22.2 Å². The molecule has 0 bridgehead atoms. The minimum absolute atomic E-state index is 0.189. The van der Waals surface area contributed by atoms with E-state index in [0.717, 1.165) is 0 Å². The van der Waals surface area contributed by atoms with Gasteiger partial charge in [0, 0.05) is 22.8 Å². The van der Waals surface area contributed by atoms with E-state index in [2.05, 4.69) is 5.32 Å². The number of nitrogens with one attached hydrogen (secondary N) is 1. The van der Waals surface area contributed by atoms with Gasteiger partial charge in [0.1, 0.15) is 12.4 Å². The van der Waals surface area contributed by atoms with Gasteiger partial charge < -0.3 is 19.4 Å². The molecule has 0 unspecified atom stereocenters. The van der Waals surface area contributed by atoms with E-state index in [1.807, 2.05) is 0 Å². The first-order chi connectivity index (χ1) is 13.9. The van der Waals surface area contributed by atoms with Crippen molar-refractivity contribution in [3.05, 3.63) is 66.1 Å². The van der Waals surface area contributed by atoms with Gasteiger partial charge in [-0.3, -0.25) is 9.59 Å². The third kappa shape index (κ3) is 4.60. The van der Waals surface area contributed by atoms with Crippen molar-refractivity contribution in [3.63, 3.8) is 0 Å². The molecule has 0 saturated heterocycles. The summed E-state index contributed by atoms with van der Waals surface area (Å²) < 4.78 is 24.5. The molecule has 1 amide bonds. The molecule has 1 aromatic heterocycles. The van der Waals surface area contributed by atoms with E-state index in [-0.39, 0.29) is 6.54 Å². The van der Waals surface area contributed by atoms with Crippen molar-refractivity contribution in [2.75, 3.05) is 12.4 Å². The number of hydrogen-bond donors (Lipinski definition) is 1. The van der Waals surface area contributed by atoms with Gasteiger partial charge in [-0.15, -0.1) is 0 Å². The van der Waals surface area contributed by atoms with Gasteiger partial charge in [-0.2, -0.15) is 0 Å². The molecule has 0 aliphatic heterocycles. The molecule has 150 valence electrons. The Balaban J connectivity index is 1.68. The Bertz CT molecular complexity index is 1060. The van der Waals surface area contributed by atoms with Crippen molar-refractivity contribution in [1.29, 1.82) is 0 Å². The zero-order valence-electron chi connectivity index (χ0n) is 15.8. The lowest BCUT2D eigenvalue weighted by molar-refractivity contribution is -0.153. The van der Waals surface area contributed by atoms with E-state index >= 15 is 0 Å². The molecule has 1 N–H and O–H groups in total. The van der Waals surface area contributed by atoms with Gasteiger partial charge in [0.2, 0.25) is 0 Å². The van der Waals surface area contributed by atoms with Gasteiger partial charge in [-0.25, -0.2) is 9.18 Å². The van der Waals surface area contributed by atoms with Gasteiger partial charge in [-0.1, -0.05) is 18.2 Å². The van der Waals surface area contributed by atoms with Crippen molar-refractivity contribution < 1.29 is 28.2 Å². The summed E-state index contributed by atoms with van der Waals surface area (Å²) in [5.41, 5.74) is 1.38. The number of methoxy groups -OCH3 is 1. The van der Waals surface area contributed by atoms with Crippen molar-refractivity contribution in [1.82, 2.24) is 4.57 Å². The van der Waals surface area contributed by atoms with Crippen molar-refractivity contribution >= 4 is 34.4 Å². The number of benzene rings is 2. The van der Waals surface area contributed by atoms with Crippen LogP contribution in [0, 0.1) is 5.82 Å². The predicted octanol–water partition coefficient (Wildman–Crippen LogP) is 3.14. The number of ether oxygens (including phenoxy) is 2. The molecule has 8 heteroatoms. The van der Waals surface area contributed by atoms with Gasteiger partial charge in [0.05, 0.1) is 12.7 Å². The largest absolute Gasteiger partial charge is 0.465 e. The lowest BCUT2D eigenvalue weighted by Crippen LogP contribution is -2.31. The number of hydrogen-bond acceptors (Lipinski definition) is 5. The minimum Gasteiger partial charge on any atom is -0.465 e. The maximum Gasteiger partial charge on any atom is 0.340 e. The number of halogens is 1. The maximum absolute atomic E-state index is 12.9. The lowest BCUT2D eigenvalue weighted by atomic mass is 10.2. The van der Waals surface area contributed by atoms with Gasteiger partial charge in [-0.05, 0) is 37.3 Å². The second kappa shape index (κ2) is 8.55. The van der Waals surface area contributed by atoms with Crippen LogP contribution in [0.5, 0.6) is 0 Å². The van der Waals surface area contributed by atoms with Crippen LogP contribution in [0.4, 0.5) is 10.1 Å². The Morgan fingerprint density at radius 1 is 1.10 bits per heavy atom. The maximum atomic E-state index is 12.9. The van der Waals surface area contributed by atoms with Crippen molar-refractivity contribution in [3.8, 4) is 0 Å². The highest BCUT2D eigenvalue weighted by Crippen LogP contribution is 2.22. The van der Waals surface area contributed by atoms with Crippen molar-refractivity contribution in [2.24, 2.45) is 0 Å². The number of carbonyl (C=O) groups excluding carboxylic acids is 3. The minimum atomic E-state index is -1.06. The normalized spacial score (nSPS) is 11.7. The Morgan fingerprint density at radius 2 is 1.79 bits per heavy atom. The topological polar surface area (TPSA) is 86.6 Å². The SMILES string of the molecule is COC(=O)c1cn(CC(=O)O[C@@H](C)C(=O)Nc2ccc(F)cc2)c2ccccc12. The number of anilines is 1. The molecule has 0 fully saturated rings. The summed E-state index contributed by atoms with van der Waals surface area (Å²) in [4.78, 5) is 36.5. The monoisotopic (exact) mass is 398 g/mol. The number of aromatic nitrogens is 1. The van der Waals surface area contributed by atoms with Crippen molar-refractivity contribution in [2.45, 2.75) is 19.6 Å². The average Bonchev–Trinajstić information content (AvgIpc) is 3.07. The smallest absolute Gasteiger partial charge is 0.340 e. The Morgan fingerprint density at radius 3 is 2.48 bits per heavy atom. The fourth-order valence-corrected chi connectivity index (χ4v) is 2.85. The molecule has 0 saturated carbocycles. The number of esters is 2. The van der Waals surface area contributed by atoms with Crippen LogP contribution in [0.1, 0.15) is 17.3 Å². The second-order valence-corrected chi connectivity index (χ2v) is 6.31. The summed E-state index contributed by atoms with van der Waals surface area (Å²) in [6.07, 6.45) is 0.454. The summed E-state index contributed by atoms with van der Waals surface area (Å²) in [7, 11) is 1.28. The van der Waals surface area contributed by atoms with Gasteiger partial charge in [0.25, 0.3) is 5.91 Å². The van der Waals surface area contributed by atoms with Crippen LogP contribution in [0.25, 0.3) is 10.9 Å². The molecule has 1 heterocycles. The Labute approximate surface area is 166 Å². The van der Waals surface area contributed by atoms with E-state index in [4.69, 9.17) is 9.47 Å². The highest BCUT2D eigenvalue weighted by Gasteiger charge is 2.21. The first kappa shape index (κ1) is 20.1. The highest BCUT2D eigenvalue weighted by molar-refractivity contribution is 6.04. The fourth-order valence-electron chi connectivity index (χ4n) is 2.85. The quantitative estimate of drug-likeness (QED) is 0.645. The third-order valence-electron chi connectivity index (χ3n) is 4.28. The molecule has 0 spiro atoms. The Kier molecular flexibility index (Phi) is 5.92. The number of fused-ring (bicyclic) bond motifs is 1. The zero-order valence-corrected chi connectivity index (χ0v) is 15.8. The fraction of sp³-hybridized carbons (Fsp3) is 0.190. The lowest BCUT2D eigenvalue weighted by Gasteiger charge is -2.14. The summed E-state index contributed by atoms with van der Waals surface area (Å²) in [5, 5.41) is 3.19. The van der Waals surface area contributed by atoms with Crippen LogP contribution in [0.15, 0.2) is 54.7 Å². The summed E-state index contributed by atoms with van der Waals surface area (Å²) in [6, 6.07) is 12.3. The molecule has 0 aliphatic carbocycles. The number of amides is 1. The molecule has 0 aliphatic rings. The van der Waals surface area contributed by atoms with Crippen LogP contribution >= 0.6 is 0 Å². The highest BCUT2D eigenvalue weighted by atomic mass is 19.1. The molecular weight excluding hydrogens is 379 g/mol. The third-order valence-corrected chi connectivity index (χ3v) is 4.28. The first-order valence-electron chi connectivity index (χ1n) is 8.81. The van der Waals surface area contributed by atoms with E-state index in [1.54, 1.807) is 28.8 Å². The predicted molar refractivity (Wildman–Crippen MR) is 104 cm³/mol. The van der Waals surface area contributed by atoms with Crippen LogP contribution in [-0.2, 0) is 25.6 Å². The molecule has 1 atom stereocenters. The average molecular weight is 398 g/mol. The van der Waals surface area contributed by atoms with E-state index < -0.39 is 29.8 Å².